The zero-order valence-corrected chi connectivity index (χ0v) is 14.8. The van der Waals surface area contributed by atoms with Crippen molar-refractivity contribution in [1.82, 2.24) is 4.90 Å². The number of hydrogen-bond acceptors (Lipinski definition) is 4. The summed E-state index contributed by atoms with van der Waals surface area (Å²) in [6, 6.07) is 14.9. The summed E-state index contributed by atoms with van der Waals surface area (Å²) in [4.78, 5) is 26.7. The molecule has 0 unspecified atom stereocenters. The summed E-state index contributed by atoms with van der Waals surface area (Å²) >= 11 is 0. The molecule has 7 heteroatoms. The Morgan fingerprint density at radius 3 is 2.50 bits per heavy atom. The number of quaternary nitrogens is 1. The minimum atomic E-state index is -0.468. The van der Waals surface area contributed by atoms with Gasteiger partial charge in [-0.15, -0.1) is 0 Å². The van der Waals surface area contributed by atoms with Crippen molar-refractivity contribution in [3.8, 4) is 0 Å². The van der Waals surface area contributed by atoms with Crippen LogP contribution in [0.3, 0.4) is 0 Å². The van der Waals surface area contributed by atoms with Gasteiger partial charge in [0.05, 0.1) is 31.1 Å². The van der Waals surface area contributed by atoms with E-state index in [9.17, 15) is 14.9 Å². The molecule has 0 radical (unpaired) electrons. The van der Waals surface area contributed by atoms with E-state index in [-0.39, 0.29) is 11.6 Å². The molecule has 0 spiro atoms. The van der Waals surface area contributed by atoms with Gasteiger partial charge in [-0.25, -0.2) is 0 Å². The van der Waals surface area contributed by atoms with E-state index in [1.54, 1.807) is 24.1 Å². The van der Waals surface area contributed by atoms with E-state index in [1.165, 1.54) is 16.5 Å². The fraction of sp³-hybridized carbons (Fsp3) is 0.316. The lowest BCUT2D eigenvalue weighted by molar-refractivity contribution is -0.917. The molecule has 1 heterocycles. The SMILES string of the molecule is CNc1ccc(C(=O)N2CC[NH+](Cc3ccccc3)CC2)cc1[N+](=O)[O-]. The third-order valence-electron chi connectivity index (χ3n) is 4.77. The second-order valence-electron chi connectivity index (χ2n) is 6.44. The van der Waals surface area contributed by atoms with Gasteiger partial charge in [0, 0.05) is 24.2 Å². The smallest absolute Gasteiger partial charge is 0.293 e. The molecule has 0 bridgehead atoms. The van der Waals surface area contributed by atoms with E-state index in [4.69, 9.17) is 0 Å². The van der Waals surface area contributed by atoms with Gasteiger partial charge >= 0.3 is 0 Å². The number of rotatable bonds is 5. The first-order valence-corrected chi connectivity index (χ1v) is 8.71. The number of nitro benzene ring substituents is 1. The maximum atomic E-state index is 12.7. The molecule has 0 atom stereocenters. The van der Waals surface area contributed by atoms with E-state index >= 15 is 0 Å². The van der Waals surface area contributed by atoms with Crippen molar-refractivity contribution in [1.29, 1.82) is 0 Å². The predicted octanol–water partition coefficient (Wildman–Crippen LogP) is 1.18. The summed E-state index contributed by atoms with van der Waals surface area (Å²) in [5.41, 5.74) is 1.98. The Bertz CT molecular complexity index is 787. The maximum absolute atomic E-state index is 12.7. The Hall–Kier alpha value is -2.93. The molecule has 136 valence electrons. The molecule has 1 saturated heterocycles. The van der Waals surface area contributed by atoms with Crippen molar-refractivity contribution in [2.24, 2.45) is 0 Å². The van der Waals surface area contributed by atoms with Crippen molar-refractivity contribution in [3.05, 3.63) is 69.8 Å². The van der Waals surface area contributed by atoms with Crippen LogP contribution in [-0.4, -0.2) is 49.0 Å². The van der Waals surface area contributed by atoms with Gasteiger partial charge in [-0.05, 0) is 12.1 Å². The molecular formula is C19H23N4O3+. The molecule has 0 aliphatic carbocycles. The molecule has 1 amide bonds. The van der Waals surface area contributed by atoms with Crippen molar-refractivity contribution in [2.75, 3.05) is 38.5 Å². The molecule has 2 N–H and O–H groups in total. The summed E-state index contributed by atoms with van der Waals surface area (Å²) in [6.07, 6.45) is 0. The number of benzene rings is 2. The second-order valence-corrected chi connectivity index (χ2v) is 6.44. The van der Waals surface area contributed by atoms with Gasteiger partial charge in [-0.3, -0.25) is 14.9 Å². The molecular weight excluding hydrogens is 332 g/mol. The van der Waals surface area contributed by atoms with Crippen LogP contribution in [0.1, 0.15) is 15.9 Å². The lowest BCUT2D eigenvalue weighted by Crippen LogP contribution is -3.13. The first kappa shape index (κ1) is 17.9. The summed E-state index contributed by atoms with van der Waals surface area (Å²) in [7, 11) is 1.62. The lowest BCUT2D eigenvalue weighted by atomic mass is 10.1. The van der Waals surface area contributed by atoms with E-state index < -0.39 is 4.92 Å². The zero-order chi connectivity index (χ0) is 18.5. The zero-order valence-electron chi connectivity index (χ0n) is 14.8. The van der Waals surface area contributed by atoms with Crippen LogP contribution in [0, 0.1) is 10.1 Å². The monoisotopic (exact) mass is 355 g/mol. The van der Waals surface area contributed by atoms with Gasteiger partial charge in [-0.1, -0.05) is 30.3 Å². The number of carbonyl (C=O) groups is 1. The summed E-state index contributed by atoms with van der Waals surface area (Å²) < 4.78 is 0. The normalized spacial score (nSPS) is 14.9. The van der Waals surface area contributed by atoms with Gasteiger partial charge in [0.25, 0.3) is 11.6 Å². The maximum Gasteiger partial charge on any atom is 0.293 e. The van der Waals surface area contributed by atoms with E-state index in [2.05, 4.69) is 17.4 Å². The molecule has 0 aromatic heterocycles. The summed E-state index contributed by atoms with van der Waals surface area (Å²) in [6.45, 7) is 4.00. The Morgan fingerprint density at radius 1 is 1.19 bits per heavy atom. The number of nitrogens with one attached hydrogen (secondary N) is 2. The number of amides is 1. The van der Waals surface area contributed by atoms with Crippen molar-refractivity contribution < 1.29 is 14.6 Å². The number of carbonyl (C=O) groups excluding carboxylic acids is 1. The predicted molar refractivity (Wildman–Crippen MR) is 99.4 cm³/mol. The van der Waals surface area contributed by atoms with Crippen molar-refractivity contribution >= 4 is 17.3 Å². The van der Waals surface area contributed by atoms with E-state index in [1.807, 2.05) is 18.2 Å². The molecule has 7 nitrogen and oxygen atoms in total. The highest BCUT2D eigenvalue weighted by Gasteiger charge is 2.26. The van der Waals surface area contributed by atoms with Crippen LogP contribution in [0.2, 0.25) is 0 Å². The first-order valence-electron chi connectivity index (χ1n) is 8.71. The van der Waals surface area contributed by atoms with Crippen LogP contribution < -0.4 is 10.2 Å². The Morgan fingerprint density at radius 2 is 1.88 bits per heavy atom. The molecule has 0 saturated carbocycles. The average Bonchev–Trinajstić information content (AvgIpc) is 2.68. The number of piperazine rings is 1. The average molecular weight is 355 g/mol. The number of hydrogen-bond donors (Lipinski definition) is 2. The molecule has 2 aromatic rings. The quantitative estimate of drug-likeness (QED) is 0.623. The van der Waals surface area contributed by atoms with Crippen LogP contribution in [-0.2, 0) is 6.54 Å². The van der Waals surface area contributed by atoms with Gasteiger partial charge in [0.15, 0.2) is 0 Å². The highest BCUT2D eigenvalue weighted by atomic mass is 16.6. The minimum absolute atomic E-state index is 0.0771. The van der Waals surface area contributed by atoms with Crippen LogP contribution in [0.15, 0.2) is 48.5 Å². The van der Waals surface area contributed by atoms with Crippen molar-refractivity contribution in [2.45, 2.75) is 6.54 Å². The van der Waals surface area contributed by atoms with Crippen LogP contribution >= 0.6 is 0 Å². The minimum Gasteiger partial charge on any atom is -0.383 e. The molecule has 1 aliphatic heterocycles. The van der Waals surface area contributed by atoms with Crippen LogP contribution in [0.4, 0.5) is 11.4 Å². The standard InChI is InChI=1S/C19H22N4O3/c1-20-17-8-7-16(13-18(17)23(25)26)19(24)22-11-9-21(10-12-22)14-15-5-3-2-4-6-15/h2-8,13,20H,9-12,14H2,1H3/p+1. The summed E-state index contributed by atoms with van der Waals surface area (Å²) in [5.74, 6) is -0.144. The lowest BCUT2D eigenvalue weighted by Gasteiger charge is -2.32. The Labute approximate surface area is 152 Å². The third kappa shape index (κ3) is 4.00. The Balaban J connectivity index is 1.63. The molecule has 3 rings (SSSR count). The highest BCUT2D eigenvalue weighted by Crippen LogP contribution is 2.25. The number of nitrogens with zero attached hydrogens (tertiary/aromatic N) is 2. The topological polar surface area (TPSA) is 79.9 Å². The molecule has 26 heavy (non-hydrogen) atoms. The van der Waals surface area contributed by atoms with Crippen LogP contribution in [0.5, 0.6) is 0 Å². The van der Waals surface area contributed by atoms with E-state index in [0.29, 0.717) is 24.3 Å². The molecule has 2 aromatic carbocycles. The highest BCUT2D eigenvalue weighted by molar-refractivity contribution is 5.95. The number of nitro groups is 1. The van der Waals surface area contributed by atoms with Crippen molar-refractivity contribution in [3.63, 3.8) is 0 Å². The van der Waals surface area contributed by atoms with Gasteiger partial charge in [-0.2, -0.15) is 0 Å². The number of anilines is 1. The second kappa shape index (κ2) is 7.97. The van der Waals surface area contributed by atoms with Gasteiger partial charge in [0.2, 0.25) is 0 Å². The Kier molecular flexibility index (Phi) is 5.48. The fourth-order valence-corrected chi connectivity index (χ4v) is 3.30. The fourth-order valence-electron chi connectivity index (χ4n) is 3.30. The largest absolute Gasteiger partial charge is 0.383 e. The van der Waals surface area contributed by atoms with Crippen LogP contribution in [0.25, 0.3) is 0 Å². The molecule has 1 aliphatic rings. The first-order chi connectivity index (χ1) is 12.6. The summed E-state index contributed by atoms with van der Waals surface area (Å²) in [5, 5.41) is 14.0. The molecule has 1 fully saturated rings. The van der Waals surface area contributed by atoms with Gasteiger partial charge < -0.3 is 15.1 Å². The van der Waals surface area contributed by atoms with E-state index in [0.717, 1.165) is 19.6 Å². The third-order valence-corrected chi connectivity index (χ3v) is 4.77. The van der Waals surface area contributed by atoms with Gasteiger partial charge in [0.1, 0.15) is 12.2 Å².